The van der Waals surface area contributed by atoms with E-state index < -0.39 is 0 Å². The number of thioether (sulfide) groups is 1. The van der Waals surface area contributed by atoms with E-state index in [1.165, 1.54) is 11.8 Å². The number of thiocarbonyl (C=S) groups is 1. The van der Waals surface area contributed by atoms with Gasteiger partial charge in [0.05, 0.1) is 20.8 Å². The van der Waals surface area contributed by atoms with E-state index in [9.17, 15) is 4.79 Å². The summed E-state index contributed by atoms with van der Waals surface area (Å²) in [6, 6.07) is 16.8. The number of aryl methyl sites for hydroxylation is 1. The third-order valence-electron chi connectivity index (χ3n) is 5.10. The normalized spacial score (nSPS) is 14.7. The largest absolute Gasteiger partial charge is 0.490 e. The Balaban J connectivity index is 1.60. The molecule has 3 aromatic rings. The molecule has 3 aromatic carbocycles. The van der Waals surface area contributed by atoms with Gasteiger partial charge in [-0.15, -0.1) is 0 Å². The molecule has 1 aliphatic heterocycles. The lowest BCUT2D eigenvalue weighted by molar-refractivity contribution is -0.113. The lowest BCUT2D eigenvalue weighted by Crippen LogP contribution is -2.27. The van der Waals surface area contributed by atoms with Crippen LogP contribution in [0, 0.1) is 10.5 Å². The molecule has 0 unspecified atom stereocenters. The van der Waals surface area contributed by atoms with Gasteiger partial charge in [0.25, 0.3) is 5.91 Å². The van der Waals surface area contributed by atoms with Crippen LogP contribution < -0.4 is 14.4 Å². The monoisotopic (exact) mass is 655 g/mol. The van der Waals surface area contributed by atoms with Crippen LogP contribution in [0.25, 0.3) is 6.08 Å². The van der Waals surface area contributed by atoms with E-state index in [0.29, 0.717) is 37.4 Å². The van der Waals surface area contributed by atoms with Crippen LogP contribution in [0.5, 0.6) is 11.5 Å². The predicted octanol–water partition coefficient (Wildman–Crippen LogP) is 8.29. The molecule has 0 N–H and O–H groups in total. The van der Waals surface area contributed by atoms with Crippen molar-refractivity contribution >= 4 is 91.8 Å². The van der Waals surface area contributed by atoms with Crippen molar-refractivity contribution in [3.63, 3.8) is 0 Å². The summed E-state index contributed by atoms with van der Waals surface area (Å²) in [6.45, 7) is 4.64. The first kappa shape index (κ1) is 26.3. The fourth-order valence-corrected chi connectivity index (χ4v) is 5.94. The average Bonchev–Trinajstić information content (AvgIpc) is 3.08. The zero-order valence-corrected chi connectivity index (χ0v) is 24.1. The quantitative estimate of drug-likeness (QED) is 0.146. The van der Waals surface area contributed by atoms with Gasteiger partial charge in [0.1, 0.15) is 6.61 Å². The maximum absolute atomic E-state index is 13.2. The van der Waals surface area contributed by atoms with Gasteiger partial charge in [-0.05, 0) is 84.5 Å². The summed E-state index contributed by atoms with van der Waals surface area (Å²) in [4.78, 5) is 15.3. The first-order valence-corrected chi connectivity index (χ1v) is 13.7. The van der Waals surface area contributed by atoms with E-state index in [0.717, 1.165) is 25.9 Å². The molecule has 9 heteroatoms. The zero-order chi connectivity index (χ0) is 25.1. The van der Waals surface area contributed by atoms with Gasteiger partial charge in [-0.3, -0.25) is 9.69 Å². The highest BCUT2D eigenvalue weighted by Crippen LogP contribution is 2.39. The number of amides is 1. The minimum absolute atomic E-state index is 0.144. The Kier molecular flexibility index (Phi) is 8.65. The van der Waals surface area contributed by atoms with Gasteiger partial charge in [-0.25, -0.2) is 0 Å². The number of benzene rings is 3. The van der Waals surface area contributed by atoms with Gasteiger partial charge in [0.2, 0.25) is 0 Å². The predicted molar refractivity (Wildman–Crippen MR) is 158 cm³/mol. The number of ether oxygens (including phenoxy) is 2. The highest BCUT2D eigenvalue weighted by atomic mass is 127. The number of carbonyl (C=O) groups excluding carboxylic acids is 1. The minimum atomic E-state index is -0.144. The summed E-state index contributed by atoms with van der Waals surface area (Å²) in [7, 11) is 0. The van der Waals surface area contributed by atoms with E-state index in [1.807, 2.05) is 62.4 Å². The van der Waals surface area contributed by atoms with Gasteiger partial charge < -0.3 is 9.47 Å². The van der Waals surface area contributed by atoms with Crippen LogP contribution in [-0.4, -0.2) is 16.8 Å². The minimum Gasteiger partial charge on any atom is -0.490 e. The van der Waals surface area contributed by atoms with Crippen molar-refractivity contribution in [3.8, 4) is 11.5 Å². The van der Waals surface area contributed by atoms with Crippen LogP contribution >= 0.6 is 69.8 Å². The van der Waals surface area contributed by atoms with Crippen molar-refractivity contribution in [2.24, 2.45) is 0 Å². The lowest BCUT2D eigenvalue weighted by atomic mass is 10.1. The Morgan fingerprint density at radius 2 is 1.83 bits per heavy atom. The van der Waals surface area contributed by atoms with Crippen LogP contribution in [0.1, 0.15) is 23.6 Å². The Hall–Kier alpha value is -1.78. The average molecular weight is 656 g/mol. The Bertz CT molecular complexity index is 1330. The maximum Gasteiger partial charge on any atom is 0.270 e. The second-order valence-electron chi connectivity index (χ2n) is 7.64. The summed E-state index contributed by atoms with van der Waals surface area (Å²) in [5.41, 5.74) is 3.52. The van der Waals surface area contributed by atoms with Gasteiger partial charge >= 0.3 is 0 Å². The third kappa shape index (κ3) is 6.14. The third-order valence-corrected chi connectivity index (χ3v) is 7.79. The van der Waals surface area contributed by atoms with E-state index >= 15 is 0 Å². The molecule has 0 atom stereocenters. The molecule has 0 bridgehead atoms. The van der Waals surface area contributed by atoms with Crippen molar-refractivity contribution in [1.82, 2.24) is 0 Å². The molecule has 1 heterocycles. The number of carbonyl (C=O) groups is 1. The number of hydrogen-bond acceptors (Lipinski definition) is 5. The zero-order valence-electron chi connectivity index (χ0n) is 18.8. The first-order valence-electron chi connectivity index (χ1n) is 10.6. The fourth-order valence-electron chi connectivity index (χ4n) is 3.40. The molecule has 0 aromatic heterocycles. The van der Waals surface area contributed by atoms with Crippen molar-refractivity contribution < 1.29 is 14.3 Å². The second kappa shape index (κ2) is 11.5. The molecule has 0 spiro atoms. The molecule has 180 valence electrons. The molecule has 1 fully saturated rings. The highest BCUT2D eigenvalue weighted by molar-refractivity contribution is 14.1. The van der Waals surface area contributed by atoms with Crippen molar-refractivity contribution in [3.05, 3.63) is 89.8 Å². The van der Waals surface area contributed by atoms with Gasteiger partial charge in [0, 0.05) is 15.6 Å². The highest BCUT2D eigenvalue weighted by Gasteiger charge is 2.33. The van der Waals surface area contributed by atoms with Crippen LogP contribution in [0.15, 0.2) is 59.5 Å². The molecule has 1 aliphatic rings. The summed E-state index contributed by atoms with van der Waals surface area (Å²) in [5, 5.41) is 1.11. The van der Waals surface area contributed by atoms with E-state index in [-0.39, 0.29) is 12.5 Å². The van der Waals surface area contributed by atoms with E-state index in [4.69, 9.17) is 44.9 Å². The Morgan fingerprint density at radius 1 is 1.09 bits per heavy atom. The molecule has 0 radical (unpaired) electrons. The van der Waals surface area contributed by atoms with Crippen LogP contribution in [-0.2, 0) is 11.4 Å². The molecule has 4 rings (SSSR count). The number of nitrogens with zero attached hydrogens (tertiary/aromatic N) is 1. The summed E-state index contributed by atoms with van der Waals surface area (Å²) < 4.78 is 13.3. The topological polar surface area (TPSA) is 38.8 Å². The summed E-state index contributed by atoms with van der Waals surface area (Å²) in [6.07, 6.45) is 1.83. The summed E-state index contributed by atoms with van der Waals surface area (Å²) >= 11 is 21.3. The Morgan fingerprint density at radius 3 is 2.51 bits per heavy atom. The number of halogens is 3. The Labute approximate surface area is 237 Å². The number of rotatable bonds is 7. The smallest absolute Gasteiger partial charge is 0.270 e. The van der Waals surface area contributed by atoms with Crippen molar-refractivity contribution in [2.45, 2.75) is 20.5 Å². The van der Waals surface area contributed by atoms with Crippen LogP contribution in [0.3, 0.4) is 0 Å². The van der Waals surface area contributed by atoms with Crippen molar-refractivity contribution in [2.75, 3.05) is 11.5 Å². The lowest BCUT2D eigenvalue weighted by Gasteiger charge is -2.16. The van der Waals surface area contributed by atoms with Gasteiger partial charge in [-0.1, -0.05) is 70.9 Å². The second-order valence-corrected chi connectivity index (χ2v) is 11.3. The van der Waals surface area contributed by atoms with Gasteiger partial charge in [0.15, 0.2) is 15.8 Å². The molecule has 0 aliphatic carbocycles. The summed E-state index contributed by atoms with van der Waals surface area (Å²) in [5.74, 6) is 1.06. The van der Waals surface area contributed by atoms with E-state index in [2.05, 4.69) is 22.6 Å². The van der Waals surface area contributed by atoms with Crippen LogP contribution in [0.2, 0.25) is 10.0 Å². The van der Waals surface area contributed by atoms with E-state index in [1.54, 1.807) is 17.0 Å². The molecular formula is C26H20Cl2INO3S2. The number of hydrogen-bond donors (Lipinski definition) is 0. The SMILES string of the molecule is CCOc1cc(/C=C2\SC(=S)N(c3ccc(C)cc3)C2=O)cc(I)c1OCc1ccc(Cl)cc1Cl. The fraction of sp³-hybridized carbons (Fsp3) is 0.154. The molecule has 35 heavy (non-hydrogen) atoms. The maximum atomic E-state index is 13.2. The molecule has 1 saturated heterocycles. The van der Waals surface area contributed by atoms with Crippen LogP contribution in [0.4, 0.5) is 5.69 Å². The standard InChI is InChI=1S/C26H20Cl2INO3S2/c1-3-32-22-11-16(10-21(29)24(22)33-14-17-6-7-18(27)13-20(17)28)12-23-25(31)30(26(34)35-23)19-8-4-15(2)5-9-19/h4-13H,3,14H2,1-2H3/b23-12-. The molecule has 4 nitrogen and oxygen atoms in total. The van der Waals surface area contributed by atoms with Gasteiger partial charge in [-0.2, -0.15) is 0 Å². The first-order chi connectivity index (χ1) is 16.8. The molecule has 1 amide bonds. The molecular weight excluding hydrogens is 636 g/mol. The number of anilines is 1. The molecule has 0 saturated carbocycles. The van der Waals surface area contributed by atoms with Crippen molar-refractivity contribution in [1.29, 1.82) is 0 Å².